The smallest absolute Gasteiger partial charge is 0.394 e. The van der Waals surface area contributed by atoms with E-state index in [1.807, 2.05) is 0 Å². The number of H-pyrrole nitrogens is 1. The fraction of sp³-hybridized carbons (Fsp3) is 0.545. The highest BCUT2D eigenvalue weighted by Crippen LogP contribution is 2.39. The number of aromatic amines is 1. The molecule has 0 radical (unpaired) electrons. The quantitative estimate of drug-likeness (QED) is 0.145. The minimum absolute atomic E-state index is 0.0329. The van der Waals surface area contributed by atoms with E-state index in [0.29, 0.717) is 0 Å². The zero-order valence-electron chi connectivity index (χ0n) is 17.7. The number of phosphoric acid groups is 3. The Kier molecular flexibility index (Phi) is 12.1. The normalized spacial score (nSPS) is 24.1. The van der Waals surface area contributed by atoms with E-state index >= 15 is 0 Å². The van der Waals surface area contributed by atoms with Gasteiger partial charge in [0, 0.05) is 0 Å². The zero-order valence-corrected chi connectivity index (χ0v) is 20.4. The Morgan fingerprint density at radius 3 is 1.83 bits per heavy atom. The van der Waals surface area contributed by atoms with Crippen molar-refractivity contribution in [1.29, 1.82) is 0 Å². The first kappa shape index (κ1) is 34.3. The van der Waals surface area contributed by atoms with Crippen molar-refractivity contribution in [1.82, 2.24) is 19.5 Å². The van der Waals surface area contributed by atoms with Crippen LogP contribution in [-0.2, 0) is 18.4 Å². The minimum atomic E-state index is -4.64. The number of rotatable bonds is 2. The third-order valence-electron chi connectivity index (χ3n) is 3.64. The summed E-state index contributed by atoms with van der Waals surface area (Å²) in [6.45, 7) is 0.900. The van der Waals surface area contributed by atoms with Gasteiger partial charge in [-0.05, 0) is 6.92 Å². The number of nitrogens with one attached hydrogen (secondary N) is 1. The summed E-state index contributed by atoms with van der Waals surface area (Å²) in [6, 6.07) is 0. The molecule has 22 nitrogen and oxygen atoms in total. The van der Waals surface area contributed by atoms with Crippen molar-refractivity contribution < 1.29 is 77.8 Å². The summed E-state index contributed by atoms with van der Waals surface area (Å²) in [5, 5.41) is 29.6. The van der Waals surface area contributed by atoms with Gasteiger partial charge < -0.3 is 69.8 Å². The van der Waals surface area contributed by atoms with Crippen molar-refractivity contribution in [3.05, 3.63) is 16.7 Å². The van der Waals surface area contributed by atoms with E-state index in [1.165, 1.54) is 17.8 Å². The molecule has 2 aromatic heterocycles. The molecule has 0 bridgehead atoms. The van der Waals surface area contributed by atoms with Crippen molar-refractivity contribution in [2.75, 3.05) is 12.3 Å². The van der Waals surface area contributed by atoms with E-state index in [-0.39, 0.29) is 17.1 Å². The molecule has 1 aliphatic heterocycles. The Hall–Kier alpha value is -1.68. The number of hydrogen-bond acceptors (Lipinski definition) is 11. The maximum Gasteiger partial charge on any atom is 0.466 e. The summed E-state index contributed by atoms with van der Waals surface area (Å²) < 4.78 is 33.4. The van der Waals surface area contributed by atoms with Crippen LogP contribution in [0.15, 0.2) is 11.1 Å². The number of aliphatic hydroxyl groups excluding tert-OH is 2. The number of nitrogens with two attached hydrogens (primary N) is 1. The second kappa shape index (κ2) is 12.7. The van der Waals surface area contributed by atoms with E-state index in [9.17, 15) is 20.1 Å². The third-order valence-corrected chi connectivity index (χ3v) is 3.64. The van der Waals surface area contributed by atoms with Crippen LogP contribution in [0, 0.1) is 0 Å². The van der Waals surface area contributed by atoms with Crippen LogP contribution in [0.4, 0.5) is 5.95 Å². The van der Waals surface area contributed by atoms with Gasteiger partial charge in [0.2, 0.25) is 5.95 Å². The minimum Gasteiger partial charge on any atom is -0.394 e. The molecule has 0 aliphatic carbocycles. The third kappa shape index (κ3) is 13.0. The van der Waals surface area contributed by atoms with E-state index in [4.69, 9.17) is 68.2 Å². The summed E-state index contributed by atoms with van der Waals surface area (Å²) in [6.07, 6.45) is -2.06. The van der Waals surface area contributed by atoms with Crippen LogP contribution in [-0.4, -0.2) is 103 Å². The van der Waals surface area contributed by atoms with E-state index < -0.39 is 59.7 Å². The van der Waals surface area contributed by atoms with Gasteiger partial charge in [0.15, 0.2) is 17.4 Å². The number of imidazole rings is 1. The maximum absolute atomic E-state index is 11.7. The van der Waals surface area contributed by atoms with Gasteiger partial charge in [0.05, 0.1) is 12.9 Å². The molecule has 3 heterocycles. The van der Waals surface area contributed by atoms with E-state index in [0.717, 1.165) is 0 Å². The van der Waals surface area contributed by atoms with Gasteiger partial charge in [-0.25, -0.2) is 18.7 Å². The summed E-state index contributed by atoms with van der Waals surface area (Å²) in [5.74, 6) is -0.105. The zero-order chi connectivity index (χ0) is 28.9. The first-order chi connectivity index (χ1) is 15.9. The van der Waals surface area contributed by atoms with Gasteiger partial charge in [-0.15, -0.1) is 0 Å². The largest absolute Gasteiger partial charge is 0.466 e. The Morgan fingerprint density at radius 2 is 1.47 bits per heavy atom. The van der Waals surface area contributed by atoms with E-state index in [1.54, 1.807) is 0 Å². The Labute approximate surface area is 198 Å². The number of nitrogens with zero attached hydrogens (tertiary/aromatic N) is 3. The first-order valence-electron chi connectivity index (χ1n) is 8.60. The molecule has 0 aromatic carbocycles. The fourth-order valence-corrected chi connectivity index (χ4v) is 2.50. The number of aromatic nitrogens is 4. The van der Waals surface area contributed by atoms with Crippen LogP contribution in [0.5, 0.6) is 0 Å². The monoisotopic (exact) mass is 591 g/mol. The molecule has 15 N–H and O–H groups in total. The topological polar surface area (TPSA) is 393 Å². The molecule has 1 aliphatic rings. The first-order valence-corrected chi connectivity index (χ1v) is 13.3. The highest BCUT2D eigenvalue weighted by Gasteiger charge is 2.53. The molecule has 210 valence electrons. The summed E-state index contributed by atoms with van der Waals surface area (Å²) in [7, 11) is -13.9. The molecule has 2 aromatic rings. The van der Waals surface area contributed by atoms with Crippen molar-refractivity contribution in [3.8, 4) is 0 Å². The highest BCUT2D eigenvalue weighted by molar-refractivity contribution is 7.45. The number of nitrogen functional groups attached to an aromatic ring is 1. The van der Waals surface area contributed by atoms with Crippen molar-refractivity contribution in [2.24, 2.45) is 0 Å². The van der Waals surface area contributed by atoms with Crippen molar-refractivity contribution in [2.45, 2.75) is 31.0 Å². The number of fused-ring (bicyclic) bond motifs is 1. The molecule has 0 saturated carbocycles. The molecule has 0 unspecified atom stereocenters. The van der Waals surface area contributed by atoms with Crippen LogP contribution >= 0.6 is 23.5 Å². The van der Waals surface area contributed by atoms with Crippen molar-refractivity contribution in [3.63, 3.8) is 0 Å². The second-order valence-electron chi connectivity index (χ2n) is 6.70. The van der Waals surface area contributed by atoms with Crippen LogP contribution in [0.2, 0.25) is 0 Å². The van der Waals surface area contributed by atoms with Crippen LogP contribution < -0.4 is 11.3 Å². The SMILES string of the molecule is C[C@@]1(O)[C@H](O)[C@@H](CO)O[C@H]1n1cnc2c(=O)[nH]c(N)nc21.O=P(O)(O)O.O=P(O)(O)O.O=P(O)(O)O. The Bertz CT molecular complexity index is 1120. The summed E-state index contributed by atoms with van der Waals surface area (Å²) in [5.41, 5.74) is 3.44. The lowest BCUT2D eigenvalue weighted by molar-refractivity contribution is -0.0950. The van der Waals surface area contributed by atoms with Crippen LogP contribution in [0.1, 0.15) is 13.2 Å². The summed E-state index contributed by atoms with van der Waals surface area (Å²) >= 11 is 0. The number of aliphatic hydroxyl groups is 3. The fourth-order valence-electron chi connectivity index (χ4n) is 2.50. The number of hydrogen-bond donors (Lipinski definition) is 14. The number of ether oxygens (including phenoxy) is 1. The average Bonchev–Trinajstić information content (AvgIpc) is 3.10. The predicted octanol–water partition coefficient (Wildman–Crippen LogP) is -5.08. The van der Waals surface area contributed by atoms with Crippen LogP contribution in [0.25, 0.3) is 11.2 Å². The average molecular weight is 591 g/mol. The van der Waals surface area contributed by atoms with Gasteiger partial charge in [-0.3, -0.25) is 14.3 Å². The van der Waals surface area contributed by atoms with Gasteiger partial charge in [0.25, 0.3) is 5.56 Å². The molecule has 25 heteroatoms. The standard InChI is InChI=1S/C11H15N5O5.3H3O4P/c1-11(20)6(18)4(2-17)21-9(11)16-3-13-5-7(16)14-10(12)15-8(5)19;3*1-5(2,3)4/h3-4,6,9,17-18,20H,2H2,1H3,(H3,12,14,15,19);3*(H3,1,2,3,4)/t4-,6-,9-,11-;;;/m1.../s1. The molecular formula is C11H24N5O17P3. The lowest BCUT2D eigenvalue weighted by atomic mass is 9.96. The van der Waals surface area contributed by atoms with Crippen LogP contribution in [0.3, 0.4) is 0 Å². The number of anilines is 1. The van der Waals surface area contributed by atoms with Gasteiger partial charge >= 0.3 is 23.5 Å². The molecule has 0 amide bonds. The molecular weight excluding hydrogens is 567 g/mol. The predicted molar refractivity (Wildman–Crippen MR) is 113 cm³/mol. The van der Waals surface area contributed by atoms with E-state index in [2.05, 4.69) is 15.0 Å². The lowest BCUT2D eigenvalue weighted by Gasteiger charge is -2.27. The lowest BCUT2D eigenvalue weighted by Crippen LogP contribution is -2.44. The molecule has 4 atom stereocenters. The molecule has 0 spiro atoms. The van der Waals surface area contributed by atoms with Crippen molar-refractivity contribution >= 4 is 40.6 Å². The highest BCUT2D eigenvalue weighted by atomic mass is 31.2. The van der Waals surface area contributed by atoms with Gasteiger partial charge in [-0.1, -0.05) is 0 Å². The summed E-state index contributed by atoms with van der Waals surface area (Å²) in [4.78, 5) is 86.6. The Balaban J connectivity index is 0.000000672. The Morgan fingerprint density at radius 1 is 1.06 bits per heavy atom. The molecule has 36 heavy (non-hydrogen) atoms. The second-order valence-corrected chi connectivity index (χ2v) is 9.77. The maximum atomic E-state index is 11.7. The molecule has 1 saturated heterocycles. The molecule has 3 rings (SSSR count). The van der Waals surface area contributed by atoms with Gasteiger partial charge in [-0.2, -0.15) is 4.98 Å². The molecule has 1 fully saturated rings. The van der Waals surface area contributed by atoms with Gasteiger partial charge in [0.1, 0.15) is 17.8 Å².